The number of pyridine rings is 1. The minimum Gasteiger partial charge on any atom is -0.492 e. The molecule has 100 valence electrons. The molecule has 0 radical (unpaired) electrons. The molecule has 0 fully saturated rings. The summed E-state index contributed by atoms with van der Waals surface area (Å²) in [6, 6.07) is 4.97. The molecule has 0 saturated heterocycles. The maximum absolute atomic E-state index is 12.2. The van der Waals surface area contributed by atoms with Crippen LogP contribution in [0.25, 0.3) is 0 Å². The summed E-state index contributed by atoms with van der Waals surface area (Å²) in [5, 5.41) is 0. The molecule has 0 aliphatic heterocycles. The third kappa shape index (κ3) is 3.20. The first-order valence-corrected chi connectivity index (χ1v) is 6.16. The average molecular weight is 260 g/mol. The maximum atomic E-state index is 12.2. The minimum atomic E-state index is -0.228. The van der Waals surface area contributed by atoms with Crippen molar-refractivity contribution in [2.75, 3.05) is 6.61 Å². The molecule has 0 aliphatic rings. The zero-order valence-electron chi connectivity index (χ0n) is 10.8. The highest BCUT2D eigenvalue weighted by Gasteiger charge is 2.14. The highest BCUT2D eigenvalue weighted by Crippen LogP contribution is 2.17. The number of nitrogens with two attached hydrogens (primary N) is 1. The van der Waals surface area contributed by atoms with E-state index in [1.54, 1.807) is 24.4 Å². The average Bonchev–Trinajstić information content (AvgIpc) is 2.93. The van der Waals surface area contributed by atoms with Crippen molar-refractivity contribution in [3.05, 3.63) is 47.7 Å². The van der Waals surface area contributed by atoms with Crippen LogP contribution >= 0.6 is 0 Å². The number of rotatable bonds is 6. The van der Waals surface area contributed by atoms with Crippen molar-refractivity contribution >= 4 is 5.78 Å². The summed E-state index contributed by atoms with van der Waals surface area (Å²) in [6.07, 6.45) is 3.97. The molecule has 0 aromatic carbocycles. The molecule has 5 nitrogen and oxygen atoms in total. The van der Waals surface area contributed by atoms with Gasteiger partial charge in [0.1, 0.15) is 11.5 Å². The number of furan rings is 1. The topological polar surface area (TPSA) is 78.3 Å². The summed E-state index contributed by atoms with van der Waals surface area (Å²) < 4.78 is 10.8. The molecule has 19 heavy (non-hydrogen) atoms. The smallest absolute Gasteiger partial charge is 0.229 e. The fraction of sp³-hybridized carbons (Fsp3) is 0.286. The zero-order chi connectivity index (χ0) is 13.7. The number of carbonyl (C=O) groups excluding carboxylic acids is 1. The Morgan fingerprint density at radius 2 is 2.26 bits per heavy atom. The van der Waals surface area contributed by atoms with Crippen LogP contribution in [-0.2, 0) is 6.54 Å². The van der Waals surface area contributed by atoms with Crippen molar-refractivity contribution in [2.24, 2.45) is 5.73 Å². The first kappa shape index (κ1) is 13.3. The SMILES string of the molecule is CCCOc1cncc(C(=O)c2ccc(CN)o2)c1. The van der Waals surface area contributed by atoms with Crippen molar-refractivity contribution < 1.29 is 13.9 Å². The Balaban J connectivity index is 2.18. The molecule has 0 bridgehead atoms. The van der Waals surface area contributed by atoms with Crippen LogP contribution in [0.5, 0.6) is 5.75 Å². The van der Waals surface area contributed by atoms with Crippen LogP contribution in [0.3, 0.4) is 0 Å². The lowest BCUT2D eigenvalue weighted by molar-refractivity contribution is 0.101. The fourth-order valence-electron chi connectivity index (χ4n) is 1.59. The zero-order valence-corrected chi connectivity index (χ0v) is 10.8. The summed E-state index contributed by atoms with van der Waals surface area (Å²) in [6.45, 7) is 2.88. The van der Waals surface area contributed by atoms with Gasteiger partial charge in [0.25, 0.3) is 0 Å². The second-order valence-electron chi connectivity index (χ2n) is 4.06. The van der Waals surface area contributed by atoms with E-state index in [1.807, 2.05) is 6.92 Å². The van der Waals surface area contributed by atoms with Gasteiger partial charge in [-0.2, -0.15) is 0 Å². The van der Waals surface area contributed by atoms with Gasteiger partial charge < -0.3 is 14.9 Å². The second-order valence-corrected chi connectivity index (χ2v) is 4.06. The van der Waals surface area contributed by atoms with Gasteiger partial charge in [-0.05, 0) is 24.6 Å². The molecule has 0 atom stereocenters. The van der Waals surface area contributed by atoms with E-state index in [2.05, 4.69) is 4.98 Å². The Kier molecular flexibility index (Phi) is 4.30. The van der Waals surface area contributed by atoms with Crippen molar-refractivity contribution in [3.63, 3.8) is 0 Å². The first-order chi connectivity index (χ1) is 9.24. The van der Waals surface area contributed by atoms with Crippen molar-refractivity contribution in [3.8, 4) is 5.75 Å². The van der Waals surface area contributed by atoms with Gasteiger partial charge in [-0.15, -0.1) is 0 Å². The lowest BCUT2D eigenvalue weighted by Gasteiger charge is -2.04. The minimum absolute atomic E-state index is 0.228. The number of aromatic nitrogens is 1. The number of carbonyl (C=O) groups is 1. The van der Waals surface area contributed by atoms with Gasteiger partial charge in [-0.3, -0.25) is 9.78 Å². The lowest BCUT2D eigenvalue weighted by atomic mass is 10.1. The molecule has 0 amide bonds. The summed E-state index contributed by atoms with van der Waals surface area (Å²) in [4.78, 5) is 16.2. The predicted molar refractivity (Wildman–Crippen MR) is 70.1 cm³/mol. The molecule has 0 unspecified atom stereocenters. The standard InChI is InChI=1S/C14H16N2O3/c1-2-5-18-12-6-10(8-16-9-12)14(17)13-4-3-11(7-15)19-13/h3-4,6,8-9H,2,5,7,15H2,1H3. The molecule has 2 aromatic rings. The van der Waals surface area contributed by atoms with Crippen molar-refractivity contribution in [2.45, 2.75) is 19.9 Å². The van der Waals surface area contributed by atoms with E-state index in [0.717, 1.165) is 6.42 Å². The summed E-state index contributed by atoms with van der Waals surface area (Å²) >= 11 is 0. The number of ether oxygens (including phenoxy) is 1. The van der Waals surface area contributed by atoms with E-state index >= 15 is 0 Å². The number of ketones is 1. The van der Waals surface area contributed by atoms with Crippen molar-refractivity contribution in [1.29, 1.82) is 0 Å². The van der Waals surface area contributed by atoms with E-state index < -0.39 is 0 Å². The van der Waals surface area contributed by atoms with Gasteiger partial charge in [-0.1, -0.05) is 6.92 Å². The molecule has 0 aliphatic carbocycles. The van der Waals surface area contributed by atoms with Gasteiger partial charge in [0.2, 0.25) is 5.78 Å². The van der Waals surface area contributed by atoms with Gasteiger partial charge >= 0.3 is 0 Å². The van der Waals surface area contributed by atoms with Crippen LogP contribution in [0.1, 0.15) is 35.2 Å². The van der Waals surface area contributed by atoms with Crippen LogP contribution in [-0.4, -0.2) is 17.4 Å². The maximum Gasteiger partial charge on any atom is 0.229 e. The molecule has 0 spiro atoms. The fourth-order valence-corrected chi connectivity index (χ4v) is 1.59. The number of hydrogen-bond donors (Lipinski definition) is 1. The monoisotopic (exact) mass is 260 g/mol. The van der Waals surface area contributed by atoms with Gasteiger partial charge in [0, 0.05) is 11.8 Å². The molecule has 5 heteroatoms. The summed E-state index contributed by atoms with van der Waals surface area (Å²) in [5.74, 6) is 1.19. The largest absolute Gasteiger partial charge is 0.492 e. The summed E-state index contributed by atoms with van der Waals surface area (Å²) in [7, 11) is 0. The van der Waals surface area contributed by atoms with Gasteiger partial charge in [-0.25, -0.2) is 0 Å². The van der Waals surface area contributed by atoms with E-state index in [4.69, 9.17) is 14.9 Å². The molecule has 2 heterocycles. The molecule has 2 rings (SSSR count). The lowest BCUT2D eigenvalue weighted by Crippen LogP contribution is -2.02. The highest BCUT2D eigenvalue weighted by molar-refractivity contribution is 6.07. The predicted octanol–water partition coefficient (Wildman–Crippen LogP) is 2.15. The molecule has 2 aromatic heterocycles. The Morgan fingerprint density at radius 1 is 1.42 bits per heavy atom. The molecule has 0 saturated carbocycles. The number of nitrogens with zero attached hydrogens (tertiary/aromatic N) is 1. The Bertz CT molecular complexity index is 563. The number of hydrogen-bond acceptors (Lipinski definition) is 5. The van der Waals surface area contributed by atoms with Gasteiger partial charge in [0.15, 0.2) is 5.76 Å². The highest BCUT2D eigenvalue weighted by atomic mass is 16.5. The Morgan fingerprint density at radius 3 is 2.95 bits per heavy atom. The Labute approximate surface area is 111 Å². The van der Waals surface area contributed by atoms with E-state index in [1.165, 1.54) is 6.20 Å². The van der Waals surface area contributed by atoms with Crippen LogP contribution in [0.4, 0.5) is 0 Å². The Hall–Kier alpha value is -2.14. The van der Waals surface area contributed by atoms with Crippen LogP contribution in [0.2, 0.25) is 0 Å². The summed E-state index contributed by atoms with van der Waals surface area (Å²) in [5.41, 5.74) is 5.88. The van der Waals surface area contributed by atoms with Crippen LogP contribution < -0.4 is 10.5 Å². The van der Waals surface area contributed by atoms with E-state index in [9.17, 15) is 4.79 Å². The van der Waals surface area contributed by atoms with Crippen LogP contribution in [0.15, 0.2) is 35.0 Å². The first-order valence-electron chi connectivity index (χ1n) is 6.16. The van der Waals surface area contributed by atoms with Crippen LogP contribution in [0, 0.1) is 0 Å². The quantitative estimate of drug-likeness (QED) is 0.805. The van der Waals surface area contributed by atoms with Crippen molar-refractivity contribution in [1.82, 2.24) is 4.98 Å². The molecular weight excluding hydrogens is 244 g/mol. The van der Waals surface area contributed by atoms with E-state index in [-0.39, 0.29) is 18.1 Å². The van der Waals surface area contributed by atoms with E-state index in [0.29, 0.717) is 23.7 Å². The second kappa shape index (κ2) is 6.15. The third-order valence-corrected chi connectivity index (χ3v) is 2.53. The normalized spacial score (nSPS) is 10.4. The third-order valence-electron chi connectivity index (χ3n) is 2.53. The molecule has 2 N–H and O–H groups in total. The molecular formula is C14H16N2O3. The van der Waals surface area contributed by atoms with Gasteiger partial charge in [0.05, 0.1) is 19.3 Å².